The van der Waals surface area contributed by atoms with Gasteiger partial charge in [-0.05, 0) is 46.2 Å². The predicted molar refractivity (Wildman–Crippen MR) is 137 cm³/mol. The van der Waals surface area contributed by atoms with Gasteiger partial charge in [0.25, 0.3) is 5.91 Å². The third-order valence-electron chi connectivity index (χ3n) is 4.18. The van der Waals surface area contributed by atoms with Crippen LogP contribution in [-0.4, -0.2) is 60.2 Å². The van der Waals surface area contributed by atoms with Gasteiger partial charge in [-0.2, -0.15) is 0 Å². The summed E-state index contributed by atoms with van der Waals surface area (Å²) in [7, 11) is 0. The zero-order valence-corrected chi connectivity index (χ0v) is 22.1. The van der Waals surface area contributed by atoms with Crippen molar-refractivity contribution in [2.24, 2.45) is 10.7 Å². The summed E-state index contributed by atoms with van der Waals surface area (Å²) >= 11 is 0. The fourth-order valence-electron chi connectivity index (χ4n) is 2.78. The van der Waals surface area contributed by atoms with E-state index in [2.05, 4.69) is 34.5 Å². The normalized spacial score (nSPS) is 12.2. The number of hydrogen-bond acceptors (Lipinski definition) is 9. The SMILES string of the molecule is CCC.CCOC(=O)CCC(NC(=O)CNC(=O)/C(C(C)=Nc1cccnc1)=C(\C)N)C(=O)OCC. The molecule has 0 saturated carbocycles. The monoisotopic (exact) mass is 505 g/mol. The lowest BCUT2D eigenvalue weighted by Gasteiger charge is -2.17. The van der Waals surface area contributed by atoms with Crippen molar-refractivity contribution in [1.82, 2.24) is 15.6 Å². The minimum absolute atomic E-state index is 0.00128. The van der Waals surface area contributed by atoms with Gasteiger partial charge in [-0.3, -0.25) is 24.4 Å². The Labute approximate surface area is 212 Å². The number of amides is 2. The van der Waals surface area contributed by atoms with Gasteiger partial charge in [0.05, 0.1) is 42.9 Å². The molecule has 11 heteroatoms. The Morgan fingerprint density at radius 2 is 1.72 bits per heavy atom. The van der Waals surface area contributed by atoms with Crippen molar-refractivity contribution in [3.8, 4) is 0 Å². The molecule has 0 aromatic carbocycles. The van der Waals surface area contributed by atoms with Crippen LogP contribution in [0, 0.1) is 0 Å². The topological polar surface area (TPSA) is 162 Å². The number of hydrogen-bond donors (Lipinski definition) is 3. The highest BCUT2D eigenvalue weighted by Crippen LogP contribution is 2.12. The number of pyridine rings is 1. The van der Waals surface area contributed by atoms with Crippen LogP contribution in [0.25, 0.3) is 0 Å². The van der Waals surface area contributed by atoms with Crippen molar-refractivity contribution >= 4 is 35.2 Å². The van der Waals surface area contributed by atoms with Crippen LogP contribution in [0.1, 0.15) is 60.8 Å². The predicted octanol–water partition coefficient (Wildman–Crippen LogP) is 2.33. The molecule has 2 amide bonds. The number of allylic oxidation sites excluding steroid dienone is 1. The summed E-state index contributed by atoms with van der Waals surface area (Å²) in [5.74, 6) is -2.42. The fraction of sp³-hybridized carbons (Fsp3) is 0.520. The number of rotatable bonds is 12. The summed E-state index contributed by atoms with van der Waals surface area (Å²) in [6.45, 7) is 10.6. The summed E-state index contributed by atoms with van der Waals surface area (Å²) in [6.07, 6.45) is 4.31. The van der Waals surface area contributed by atoms with E-state index in [1.54, 1.807) is 46.0 Å². The van der Waals surface area contributed by atoms with Gasteiger partial charge in [-0.15, -0.1) is 0 Å². The molecule has 1 aromatic rings. The van der Waals surface area contributed by atoms with E-state index >= 15 is 0 Å². The number of ether oxygens (including phenoxy) is 2. The number of nitrogens with one attached hydrogen (secondary N) is 2. The molecule has 4 N–H and O–H groups in total. The van der Waals surface area contributed by atoms with E-state index < -0.39 is 36.3 Å². The van der Waals surface area contributed by atoms with Gasteiger partial charge < -0.3 is 25.8 Å². The number of carbonyl (C=O) groups is 4. The van der Waals surface area contributed by atoms with Gasteiger partial charge in [0.15, 0.2) is 0 Å². The van der Waals surface area contributed by atoms with E-state index in [1.807, 2.05) is 0 Å². The van der Waals surface area contributed by atoms with Crippen molar-refractivity contribution in [1.29, 1.82) is 0 Å². The Balaban J connectivity index is 0.00000387. The van der Waals surface area contributed by atoms with Gasteiger partial charge in [-0.1, -0.05) is 20.3 Å². The Hall–Kier alpha value is -3.76. The van der Waals surface area contributed by atoms with Crippen LogP contribution in [0.15, 0.2) is 40.8 Å². The van der Waals surface area contributed by atoms with E-state index in [4.69, 9.17) is 15.2 Å². The summed E-state index contributed by atoms with van der Waals surface area (Å²) in [5.41, 5.74) is 7.09. The second kappa shape index (κ2) is 18.6. The molecule has 1 heterocycles. The third-order valence-corrected chi connectivity index (χ3v) is 4.18. The molecular weight excluding hydrogens is 466 g/mol. The molecule has 0 aliphatic carbocycles. The molecule has 0 bridgehead atoms. The highest BCUT2D eigenvalue weighted by atomic mass is 16.5. The van der Waals surface area contributed by atoms with E-state index in [-0.39, 0.29) is 37.3 Å². The number of aliphatic imine (C=N–C) groups is 1. The van der Waals surface area contributed by atoms with E-state index in [9.17, 15) is 19.2 Å². The number of nitrogens with two attached hydrogens (primary N) is 1. The van der Waals surface area contributed by atoms with Gasteiger partial charge >= 0.3 is 11.9 Å². The Kier molecular flexibility index (Phi) is 16.6. The molecule has 0 spiro atoms. The van der Waals surface area contributed by atoms with Crippen molar-refractivity contribution in [2.45, 2.75) is 66.8 Å². The summed E-state index contributed by atoms with van der Waals surface area (Å²) in [5, 5.41) is 4.93. The van der Waals surface area contributed by atoms with Crippen molar-refractivity contribution in [3.05, 3.63) is 35.8 Å². The molecular formula is C25H39N5O6. The molecule has 0 aliphatic heterocycles. The smallest absolute Gasteiger partial charge is 0.328 e. The zero-order valence-electron chi connectivity index (χ0n) is 22.1. The summed E-state index contributed by atoms with van der Waals surface area (Å²) in [4.78, 5) is 57.0. The van der Waals surface area contributed by atoms with E-state index in [0.717, 1.165) is 0 Å². The third kappa shape index (κ3) is 13.2. The minimum atomic E-state index is -1.06. The quantitative estimate of drug-likeness (QED) is 0.221. The Morgan fingerprint density at radius 3 is 2.25 bits per heavy atom. The lowest BCUT2D eigenvalue weighted by atomic mass is 10.1. The van der Waals surface area contributed by atoms with Crippen LogP contribution in [0.5, 0.6) is 0 Å². The maximum Gasteiger partial charge on any atom is 0.328 e. The largest absolute Gasteiger partial charge is 0.466 e. The van der Waals surface area contributed by atoms with E-state index in [0.29, 0.717) is 11.4 Å². The van der Waals surface area contributed by atoms with Crippen LogP contribution in [-0.2, 0) is 28.7 Å². The van der Waals surface area contributed by atoms with Crippen LogP contribution in [0.4, 0.5) is 5.69 Å². The first-order valence-electron chi connectivity index (χ1n) is 11.9. The lowest BCUT2D eigenvalue weighted by Crippen LogP contribution is -2.47. The number of carbonyl (C=O) groups excluding carboxylic acids is 4. The highest BCUT2D eigenvalue weighted by Gasteiger charge is 2.24. The number of aromatic nitrogens is 1. The first-order chi connectivity index (χ1) is 17.1. The van der Waals surface area contributed by atoms with Crippen molar-refractivity contribution in [2.75, 3.05) is 19.8 Å². The maximum absolute atomic E-state index is 12.7. The van der Waals surface area contributed by atoms with Gasteiger partial charge in [0, 0.05) is 18.3 Å². The van der Waals surface area contributed by atoms with E-state index in [1.165, 1.54) is 12.6 Å². The molecule has 1 unspecified atom stereocenters. The minimum Gasteiger partial charge on any atom is -0.466 e. The lowest BCUT2D eigenvalue weighted by molar-refractivity contribution is -0.148. The molecule has 0 fully saturated rings. The molecule has 1 rings (SSSR count). The molecule has 0 aliphatic rings. The summed E-state index contributed by atoms with van der Waals surface area (Å²) < 4.78 is 9.78. The zero-order chi connectivity index (χ0) is 27.5. The van der Waals surface area contributed by atoms with Crippen LogP contribution in [0.2, 0.25) is 0 Å². The number of esters is 2. The molecule has 11 nitrogen and oxygen atoms in total. The van der Waals surface area contributed by atoms with Crippen molar-refractivity contribution < 1.29 is 28.7 Å². The second-order valence-corrected chi connectivity index (χ2v) is 7.57. The molecule has 0 saturated heterocycles. The average molecular weight is 506 g/mol. The molecule has 1 atom stereocenters. The maximum atomic E-state index is 12.7. The van der Waals surface area contributed by atoms with Crippen LogP contribution in [0.3, 0.4) is 0 Å². The standard InChI is InChI=1S/C22H31N5O6.C3H8/c1-5-32-19(29)10-9-17(22(31)33-6-2)27-18(28)13-25-21(30)20(14(3)23)15(4)26-16-8-7-11-24-12-16;1-3-2/h7-8,11-12,17H,5-6,9-10,13,23H2,1-4H3,(H,25,30)(H,27,28);3H2,1-2H3/b20-14+,26-15?;. The highest BCUT2D eigenvalue weighted by molar-refractivity contribution is 6.22. The number of nitrogens with zero attached hydrogens (tertiary/aromatic N) is 2. The molecule has 0 radical (unpaired) electrons. The molecule has 1 aromatic heterocycles. The first kappa shape index (κ1) is 32.2. The Morgan fingerprint density at radius 1 is 1.08 bits per heavy atom. The molecule has 36 heavy (non-hydrogen) atoms. The van der Waals surface area contributed by atoms with Crippen molar-refractivity contribution in [3.63, 3.8) is 0 Å². The fourth-order valence-corrected chi connectivity index (χ4v) is 2.78. The van der Waals surface area contributed by atoms with Gasteiger partial charge in [0.2, 0.25) is 5.91 Å². The van der Waals surface area contributed by atoms with Gasteiger partial charge in [0.1, 0.15) is 6.04 Å². The average Bonchev–Trinajstić information content (AvgIpc) is 2.81. The van der Waals surface area contributed by atoms with Crippen LogP contribution >= 0.6 is 0 Å². The second-order valence-electron chi connectivity index (χ2n) is 7.57. The summed E-state index contributed by atoms with van der Waals surface area (Å²) in [6, 6.07) is 2.37. The van der Waals surface area contributed by atoms with Crippen LogP contribution < -0.4 is 16.4 Å². The molecule has 200 valence electrons. The first-order valence-corrected chi connectivity index (χ1v) is 11.9. The van der Waals surface area contributed by atoms with Gasteiger partial charge in [-0.25, -0.2) is 4.79 Å². The Bertz CT molecular complexity index is 911.